The van der Waals surface area contributed by atoms with Crippen molar-refractivity contribution in [2.75, 3.05) is 0 Å². The van der Waals surface area contributed by atoms with E-state index in [1.807, 2.05) is 0 Å². The van der Waals surface area contributed by atoms with Gasteiger partial charge in [0.25, 0.3) is 0 Å². The molecule has 17 heavy (non-hydrogen) atoms. The van der Waals surface area contributed by atoms with Gasteiger partial charge in [-0.15, -0.1) is 0 Å². The average Bonchev–Trinajstić information content (AvgIpc) is 2.29. The second-order valence-corrected chi connectivity index (χ2v) is 4.43. The third-order valence-electron chi connectivity index (χ3n) is 2.21. The maximum atomic E-state index is 11.6. The summed E-state index contributed by atoms with van der Waals surface area (Å²) in [4.78, 5) is 32.7. The first kappa shape index (κ1) is 13.6. The zero-order valence-corrected chi connectivity index (χ0v) is 10.6. The minimum Gasteiger partial charge on any atom is -0.476 e. The van der Waals surface area contributed by atoms with Crippen LogP contribution in [0.5, 0.6) is 0 Å². The van der Waals surface area contributed by atoms with Gasteiger partial charge in [-0.05, 0) is 18.6 Å². The molecule has 0 fully saturated rings. The van der Waals surface area contributed by atoms with Crippen molar-refractivity contribution in [2.45, 2.75) is 19.3 Å². The van der Waals surface area contributed by atoms with Crippen LogP contribution in [0.15, 0.2) is 28.7 Å². The normalized spacial score (nSPS) is 9.94. The summed E-state index contributed by atoms with van der Waals surface area (Å²) in [5, 5.41) is 8.36. The molecule has 90 valence electrons. The summed E-state index contributed by atoms with van der Waals surface area (Å²) in [6.07, 6.45) is 0.346. The Morgan fingerprint density at radius 1 is 1.06 bits per heavy atom. The lowest BCUT2D eigenvalue weighted by atomic mass is 10.0. The van der Waals surface area contributed by atoms with Crippen molar-refractivity contribution in [1.82, 2.24) is 0 Å². The van der Waals surface area contributed by atoms with Gasteiger partial charge in [-0.1, -0.05) is 28.1 Å². The van der Waals surface area contributed by atoms with E-state index < -0.39 is 11.8 Å². The molecule has 0 aromatic heterocycles. The third kappa shape index (κ3) is 4.48. The van der Waals surface area contributed by atoms with E-state index in [9.17, 15) is 14.4 Å². The Morgan fingerprint density at radius 3 is 2.18 bits per heavy atom. The molecule has 0 unspecified atom stereocenters. The van der Waals surface area contributed by atoms with Gasteiger partial charge in [-0.25, -0.2) is 4.79 Å². The van der Waals surface area contributed by atoms with E-state index in [0.29, 0.717) is 5.56 Å². The molecular formula is C12H11BrO4. The number of aliphatic carboxylic acids is 1. The van der Waals surface area contributed by atoms with Crippen molar-refractivity contribution >= 4 is 33.5 Å². The predicted octanol–water partition coefficient (Wildman–Crippen LogP) is 2.46. The van der Waals surface area contributed by atoms with Crippen LogP contribution >= 0.6 is 15.9 Å². The topological polar surface area (TPSA) is 71.4 Å². The van der Waals surface area contributed by atoms with Gasteiger partial charge < -0.3 is 5.11 Å². The summed E-state index contributed by atoms with van der Waals surface area (Å²) in [5.41, 5.74) is 0.566. The lowest BCUT2D eigenvalue weighted by Gasteiger charge is -2.00. The molecule has 0 aliphatic heterocycles. The van der Waals surface area contributed by atoms with E-state index in [0.717, 1.165) is 4.47 Å². The van der Waals surface area contributed by atoms with Gasteiger partial charge in [0.2, 0.25) is 5.78 Å². The van der Waals surface area contributed by atoms with Gasteiger partial charge in [-0.2, -0.15) is 0 Å². The Hall–Kier alpha value is -1.49. The maximum absolute atomic E-state index is 11.6. The van der Waals surface area contributed by atoms with Crippen molar-refractivity contribution in [3.8, 4) is 0 Å². The van der Waals surface area contributed by atoms with Gasteiger partial charge in [0.05, 0.1) is 0 Å². The molecule has 0 saturated carbocycles. The van der Waals surface area contributed by atoms with Crippen LogP contribution in [-0.4, -0.2) is 22.6 Å². The summed E-state index contributed by atoms with van der Waals surface area (Å²) in [6.45, 7) is 0. The van der Waals surface area contributed by atoms with Gasteiger partial charge >= 0.3 is 5.97 Å². The first-order valence-electron chi connectivity index (χ1n) is 5.05. The molecule has 0 aliphatic carbocycles. The largest absolute Gasteiger partial charge is 0.476 e. The van der Waals surface area contributed by atoms with E-state index >= 15 is 0 Å². The second kappa shape index (κ2) is 6.30. The summed E-state index contributed by atoms with van der Waals surface area (Å²) in [7, 11) is 0. The molecular weight excluding hydrogens is 288 g/mol. The molecule has 0 heterocycles. The van der Waals surface area contributed by atoms with Crippen LogP contribution in [0, 0.1) is 0 Å². The zero-order chi connectivity index (χ0) is 12.8. The van der Waals surface area contributed by atoms with E-state index in [-0.39, 0.29) is 25.0 Å². The van der Waals surface area contributed by atoms with Gasteiger partial charge in [0.15, 0.2) is 5.78 Å². The molecule has 0 aliphatic rings. The molecule has 1 aromatic carbocycles. The van der Waals surface area contributed by atoms with Crippen LogP contribution in [0.3, 0.4) is 0 Å². The summed E-state index contributed by atoms with van der Waals surface area (Å²) < 4.78 is 0.884. The SMILES string of the molecule is O=C(O)C(=O)CCCC(=O)c1ccc(Br)cc1. The monoisotopic (exact) mass is 298 g/mol. The number of benzene rings is 1. The summed E-state index contributed by atoms with van der Waals surface area (Å²) >= 11 is 3.26. The number of rotatable bonds is 6. The number of Topliss-reactive ketones (excluding diaryl/α,β-unsaturated/α-hetero) is 2. The number of hydrogen-bond donors (Lipinski definition) is 1. The molecule has 0 radical (unpaired) electrons. The number of carbonyl (C=O) groups excluding carboxylic acids is 2. The minimum atomic E-state index is -1.44. The van der Waals surface area contributed by atoms with Crippen molar-refractivity contribution in [3.63, 3.8) is 0 Å². The standard InChI is InChI=1S/C12H11BrO4/c13-9-6-4-8(5-7-9)10(14)2-1-3-11(15)12(16)17/h4-7H,1-3H2,(H,16,17). The molecule has 0 amide bonds. The minimum absolute atomic E-state index is 0.0873. The molecule has 0 saturated heterocycles. The van der Waals surface area contributed by atoms with E-state index in [2.05, 4.69) is 15.9 Å². The molecule has 4 nitrogen and oxygen atoms in total. The zero-order valence-electron chi connectivity index (χ0n) is 8.98. The number of carboxylic acid groups (broad SMARTS) is 1. The highest BCUT2D eigenvalue weighted by Gasteiger charge is 2.12. The van der Waals surface area contributed by atoms with Gasteiger partial charge in [0, 0.05) is 22.9 Å². The molecule has 0 atom stereocenters. The van der Waals surface area contributed by atoms with Crippen molar-refractivity contribution in [3.05, 3.63) is 34.3 Å². The fraction of sp³-hybridized carbons (Fsp3) is 0.250. The number of hydrogen-bond acceptors (Lipinski definition) is 3. The van der Waals surface area contributed by atoms with Crippen LogP contribution < -0.4 is 0 Å². The summed E-state index contributed by atoms with van der Waals surface area (Å²) in [5.74, 6) is -2.38. The highest BCUT2D eigenvalue weighted by molar-refractivity contribution is 9.10. The van der Waals surface area contributed by atoms with E-state index in [1.165, 1.54) is 0 Å². The molecule has 1 N–H and O–H groups in total. The van der Waals surface area contributed by atoms with E-state index in [4.69, 9.17) is 5.11 Å². The van der Waals surface area contributed by atoms with Crippen LogP contribution in [0.2, 0.25) is 0 Å². The Bertz CT molecular complexity index is 436. The highest BCUT2D eigenvalue weighted by atomic mass is 79.9. The molecule has 1 aromatic rings. The third-order valence-corrected chi connectivity index (χ3v) is 2.74. The quantitative estimate of drug-likeness (QED) is 0.647. The number of halogens is 1. The molecule has 0 spiro atoms. The Morgan fingerprint density at radius 2 is 1.65 bits per heavy atom. The number of ketones is 2. The lowest BCUT2D eigenvalue weighted by molar-refractivity contribution is -0.149. The van der Waals surface area contributed by atoms with Crippen LogP contribution in [-0.2, 0) is 9.59 Å². The smallest absolute Gasteiger partial charge is 0.372 e. The van der Waals surface area contributed by atoms with Gasteiger partial charge in [0.1, 0.15) is 0 Å². The van der Waals surface area contributed by atoms with E-state index in [1.54, 1.807) is 24.3 Å². The van der Waals surface area contributed by atoms with Crippen LogP contribution in [0.4, 0.5) is 0 Å². The fourth-order valence-corrected chi connectivity index (χ4v) is 1.56. The number of carboxylic acids is 1. The molecule has 5 heteroatoms. The van der Waals surface area contributed by atoms with Crippen molar-refractivity contribution in [2.24, 2.45) is 0 Å². The van der Waals surface area contributed by atoms with Crippen molar-refractivity contribution in [1.29, 1.82) is 0 Å². The Balaban J connectivity index is 2.43. The van der Waals surface area contributed by atoms with Crippen molar-refractivity contribution < 1.29 is 19.5 Å². The first-order valence-corrected chi connectivity index (χ1v) is 5.85. The van der Waals surface area contributed by atoms with Gasteiger partial charge in [-0.3, -0.25) is 9.59 Å². The average molecular weight is 299 g/mol. The molecule has 0 bridgehead atoms. The Labute approximate surface area is 107 Å². The second-order valence-electron chi connectivity index (χ2n) is 3.51. The fourth-order valence-electron chi connectivity index (χ4n) is 1.30. The number of carbonyl (C=O) groups is 3. The first-order chi connectivity index (χ1) is 8.00. The summed E-state index contributed by atoms with van der Waals surface area (Å²) in [6, 6.07) is 6.89. The lowest BCUT2D eigenvalue weighted by Crippen LogP contribution is -2.12. The molecule has 1 rings (SSSR count). The Kier molecular flexibility index (Phi) is 5.03. The maximum Gasteiger partial charge on any atom is 0.372 e. The highest BCUT2D eigenvalue weighted by Crippen LogP contribution is 2.13. The predicted molar refractivity (Wildman–Crippen MR) is 65.0 cm³/mol. The van der Waals surface area contributed by atoms with Crippen LogP contribution in [0.1, 0.15) is 29.6 Å². The van der Waals surface area contributed by atoms with Crippen LogP contribution in [0.25, 0.3) is 0 Å².